The van der Waals surface area contributed by atoms with Crippen molar-refractivity contribution < 1.29 is 18.7 Å². The van der Waals surface area contributed by atoms with Crippen LogP contribution in [0.3, 0.4) is 0 Å². The number of aliphatic imine (C=N–C) groups is 1. The summed E-state index contributed by atoms with van der Waals surface area (Å²) < 4.78 is 18.6. The van der Waals surface area contributed by atoms with Gasteiger partial charge in [-0.2, -0.15) is 0 Å². The van der Waals surface area contributed by atoms with Crippen molar-refractivity contribution in [3.8, 4) is 0 Å². The third-order valence-corrected chi connectivity index (χ3v) is 5.48. The topological polar surface area (TPSA) is 124 Å². The Morgan fingerprint density at radius 2 is 2.07 bits per heavy atom. The average molecular weight is 433 g/mol. The maximum Gasteiger partial charge on any atom is 0.254 e. The molecule has 0 saturated carbocycles. The van der Waals surface area contributed by atoms with Gasteiger partial charge in [-0.15, -0.1) is 12.4 Å². The molecule has 2 aliphatic heterocycles. The van der Waals surface area contributed by atoms with E-state index < -0.39 is 11.5 Å². The van der Waals surface area contributed by atoms with Crippen LogP contribution in [0.2, 0.25) is 0 Å². The molecule has 0 unspecified atom stereocenters. The van der Waals surface area contributed by atoms with E-state index in [9.17, 15) is 14.4 Å². The van der Waals surface area contributed by atoms with Gasteiger partial charge >= 0.3 is 0 Å². The van der Waals surface area contributed by atoms with Crippen LogP contribution in [0.5, 0.6) is 0 Å². The SMILES string of the molecule is Cl.NC1=NC2(CCN(C(=O)c3ccc4c(c3)no[n+]4[O-])CC2)Nc2cccc(F)c21. The highest BCUT2D eigenvalue weighted by atomic mass is 35.5. The number of carbonyl (C=O) groups is 1. The Morgan fingerprint density at radius 3 is 2.83 bits per heavy atom. The zero-order chi connectivity index (χ0) is 20.2. The van der Waals surface area contributed by atoms with Crippen molar-refractivity contribution in [2.75, 3.05) is 18.4 Å². The van der Waals surface area contributed by atoms with Gasteiger partial charge < -0.3 is 21.2 Å². The summed E-state index contributed by atoms with van der Waals surface area (Å²) >= 11 is 0. The number of carbonyl (C=O) groups excluding carboxylic acids is 1. The molecule has 1 aromatic heterocycles. The van der Waals surface area contributed by atoms with Crippen LogP contribution in [0.25, 0.3) is 11.0 Å². The van der Waals surface area contributed by atoms with E-state index in [1.165, 1.54) is 18.2 Å². The minimum Gasteiger partial charge on any atom is -0.383 e. The molecule has 3 heterocycles. The zero-order valence-corrected chi connectivity index (χ0v) is 16.5. The van der Waals surface area contributed by atoms with Crippen molar-refractivity contribution in [1.29, 1.82) is 0 Å². The minimum atomic E-state index is -0.661. The molecular weight excluding hydrogens is 415 g/mol. The first-order chi connectivity index (χ1) is 14.0. The first kappa shape index (κ1) is 19.9. The van der Waals surface area contributed by atoms with Gasteiger partial charge in [-0.05, 0) is 29.2 Å². The molecule has 156 valence electrons. The number of aromatic nitrogens is 2. The van der Waals surface area contributed by atoms with Gasteiger partial charge in [0.25, 0.3) is 5.91 Å². The zero-order valence-electron chi connectivity index (χ0n) is 15.7. The number of anilines is 1. The summed E-state index contributed by atoms with van der Waals surface area (Å²) in [6.45, 7) is 0.900. The summed E-state index contributed by atoms with van der Waals surface area (Å²) in [6.07, 6.45) is 1.06. The van der Waals surface area contributed by atoms with Crippen molar-refractivity contribution in [2.24, 2.45) is 10.7 Å². The fourth-order valence-corrected chi connectivity index (χ4v) is 3.96. The number of likely N-dealkylation sites (tertiary alicyclic amines) is 1. The van der Waals surface area contributed by atoms with E-state index in [1.807, 2.05) is 0 Å². The number of piperidine rings is 1. The Kier molecular flexibility index (Phi) is 4.73. The van der Waals surface area contributed by atoms with Gasteiger partial charge in [0.2, 0.25) is 11.0 Å². The fourth-order valence-electron chi connectivity index (χ4n) is 3.96. The number of nitrogens with one attached hydrogen (secondary N) is 1. The largest absolute Gasteiger partial charge is 0.383 e. The lowest BCUT2D eigenvalue weighted by Gasteiger charge is -2.42. The van der Waals surface area contributed by atoms with Crippen LogP contribution in [0, 0.1) is 11.0 Å². The van der Waals surface area contributed by atoms with E-state index in [2.05, 4.69) is 20.1 Å². The maximum absolute atomic E-state index is 14.1. The predicted octanol–water partition coefficient (Wildman–Crippen LogP) is 1.79. The quantitative estimate of drug-likeness (QED) is 0.565. The Balaban J connectivity index is 0.00000218. The number of benzene rings is 2. The van der Waals surface area contributed by atoms with E-state index in [-0.39, 0.29) is 35.2 Å². The van der Waals surface area contributed by atoms with E-state index in [4.69, 9.17) is 5.73 Å². The molecule has 2 aromatic carbocycles. The predicted molar refractivity (Wildman–Crippen MR) is 109 cm³/mol. The van der Waals surface area contributed by atoms with Crippen LogP contribution in [0.15, 0.2) is 46.0 Å². The minimum absolute atomic E-state index is 0. The number of nitrogens with zero attached hydrogens (tertiary/aromatic N) is 4. The van der Waals surface area contributed by atoms with Crippen molar-refractivity contribution in [2.45, 2.75) is 18.5 Å². The number of hydrogen-bond acceptors (Lipinski definition) is 7. The van der Waals surface area contributed by atoms with Crippen LogP contribution in [-0.2, 0) is 0 Å². The van der Waals surface area contributed by atoms with E-state index in [0.29, 0.717) is 47.6 Å². The van der Waals surface area contributed by atoms with Crippen LogP contribution in [0.4, 0.5) is 10.1 Å². The van der Waals surface area contributed by atoms with Gasteiger partial charge in [0.05, 0.1) is 5.56 Å². The summed E-state index contributed by atoms with van der Waals surface area (Å²) in [7, 11) is 0. The molecule has 0 atom stereocenters. The molecule has 1 spiro atoms. The lowest BCUT2D eigenvalue weighted by atomic mass is 9.93. The van der Waals surface area contributed by atoms with Crippen LogP contribution in [-0.4, -0.2) is 40.6 Å². The molecular formula is C19H18ClFN6O3. The number of fused-ring (bicyclic) bond motifs is 2. The molecule has 30 heavy (non-hydrogen) atoms. The summed E-state index contributed by atoms with van der Waals surface area (Å²) in [5.41, 5.74) is 7.29. The highest BCUT2D eigenvalue weighted by Crippen LogP contribution is 2.35. The molecule has 0 bridgehead atoms. The second-order valence-corrected chi connectivity index (χ2v) is 7.24. The highest BCUT2D eigenvalue weighted by molar-refractivity contribution is 6.04. The first-order valence-corrected chi connectivity index (χ1v) is 9.17. The third kappa shape index (κ3) is 3.09. The summed E-state index contributed by atoms with van der Waals surface area (Å²) in [5, 5.41) is 18.4. The van der Waals surface area contributed by atoms with Crippen LogP contribution < -0.4 is 16.0 Å². The monoisotopic (exact) mass is 432 g/mol. The molecule has 3 N–H and O–H groups in total. The smallest absolute Gasteiger partial charge is 0.254 e. The van der Waals surface area contributed by atoms with Crippen LogP contribution in [0.1, 0.15) is 28.8 Å². The summed E-state index contributed by atoms with van der Waals surface area (Å²) in [6, 6.07) is 9.37. The van der Waals surface area contributed by atoms with Gasteiger partial charge in [0.1, 0.15) is 17.3 Å². The fraction of sp³-hybridized carbons (Fsp3) is 0.263. The summed E-state index contributed by atoms with van der Waals surface area (Å²) in [4.78, 5) is 19.4. The lowest BCUT2D eigenvalue weighted by molar-refractivity contribution is -0.782. The van der Waals surface area contributed by atoms with Gasteiger partial charge in [0, 0.05) is 48.4 Å². The highest BCUT2D eigenvalue weighted by Gasteiger charge is 2.39. The van der Waals surface area contributed by atoms with E-state index in [1.54, 1.807) is 23.1 Å². The molecule has 0 radical (unpaired) electrons. The Morgan fingerprint density at radius 1 is 1.30 bits per heavy atom. The van der Waals surface area contributed by atoms with Crippen molar-refractivity contribution in [3.05, 3.63) is 58.5 Å². The second-order valence-electron chi connectivity index (χ2n) is 7.24. The van der Waals surface area contributed by atoms with Crippen molar-refractivity contribution in [3.63, 3.8) is 0 Å². The van der Waals surface area contributed by atoms with Crippen LogP contribution >= 0.6 is 12.4 Å². The lowest BCUT2D eigenvalue weighted by Crippen LogP contribution is -2.52. The standard InChI is InChI=1S/C19H17FN6O3.ClH/c20-12-2-1-3-13-16(12)17(21)23-19(22-13)6-8-25(9-7-19)18(27)11-4-5-15-14(10-11)24-29-26(15)28;/h1-5,10,22H,6-9H2,(H2,21,23);1H. The first-order valence-electron chi connectivity index (χ1n) is 9.17. The Hall–Kier alpha value is -3.40. The Labute approximate surface area is 176 Å². The summed E-state index contributed by atoms with van der Waals surface area (Å²) in [5.74, 6) is -0.415. The molecule has 0 aliphatic carbocycles. The third-order valence-electron chi connectivity index (χ3n) is 5.48. The average Bonchev–Trinajstić information content (AvgIpc) is 3.08. The number of amidine groups is 1. The number of hydrogen-bond donors (Lipinski definition) is 2. The number of halogens is 2. The number of amides is 1. The number of nitrogens with two attached hydrogens (primary N) is 1. The van der Waals surface area contributed by atoms with E-state index >= 15 is 0 Å². The second kappa shape index (κ2) is 7.13. The van der Waals surface area contributed by atoms with Gasteiger partial charge in [-0.3, -0.25) is 9.42 Å². The van der Waals surface area contributed by atoms with Gasteiger partial charge in [0.15, 0.2) is 0 Å². The molecule has 1 saturated heterocycles. The Bertz CT molecular complexity index is 1170. The molecule has 1 fully saturated rings. The molecule has 5 rings (SSSR count). The molecule has 1 amide bonds. The molecule has 11 heteroatoms. The maximum atomic E-state index is 14.1. The van der Waals surface area contributed by atoms with Gasteiger partial charge in [-0.25, -0.2) is 9.38 Å². The number of rotatable bonds is 1. The van der Waals surface area contributed by atoms with Crippen molar-refractivity contribution in [1.82, 2.24) is 10.1 Å². The van der Waals surface area contributed by atoms with E-state index in [0.717, 1.165) is 0 Å². The molecule has 3 aromatic rings. The molecule has 2 aliphatic rings. The molecule has 9 nitrogen and oxygen atoms in total. The van der Waals surface area contributed by atoms with Crippen molar-refractivity contribution >= 4 is 40.9 Å². The van der Waals surface area contributed by atoms with Gasteiger partial charge in [-0.1, -0.05) is 6.07 Å². The normalized spacial score (nSPS) is 17.1.